The van der Waals surface area contributed by atoms with Crippen molar-refractivity contribution in [2.45, 2.75) is 6.92 Å². The lowest BCUT2D eigenvalue weighted by Gasteiger charge is -2.09. The summed E-state index contributed by atoms with van der Waals surface area (Å²) in [5.41, 5.74) is 1.28. The van der Waals surface area contributed by atoms with Crippen molar-refractivity contribution in [3.8, 4) is 18.1 Å². The van der Waals surface area contributed by atoms with Gasteiger partial charge in [-0.05, 0) is 88.0 Å². The number of fused-ring (bicyclic) bond motifs is 1. The Hall–Kier alpha value is -1.45. The molecule has 0 atom stereocenters. The van der Waals surface area contributed by atoms with E-state index in [2.05, 4.69) is 77.1 Å². The Morgan fingerprint density at radius 3 is 2.70 bits per heavy atom. The molecule has 0 aliphatic rings. The molecule has 1 aromatic heterocycles. The van der Waals surface area contributed by atoms with Gasteiger partial charge >= 0.3 is 0 Å². The van der Waals surface area contributed by atoms with Gasteiger partial charge in [0.05, 0.1) is 24.3 Å². The molecule has 0 bridgehead atoms. The van der Waals surface area contributed by atoms with Crippen LogP contribution in [0.15, 0.2) is 44.7 Å². The van der Waals surface area contributed by atoms with Gasteiger partial charge in [-0.1, -0.05) is 21.9 Å². The smallest absolute Gasteiger partial charge is 0.282 e. The summed E-state index contributed by atoms with van der Waals surface area (Å²) in [5, 5.41) is 4.86. The fourth-order valence-electron chi connectivity index (χ4n) is 2.43. The summed E-state index contributed by atoms with van der Waals surface area (Å²) in [6, 6.07) is 9.25. The van der Waals surface area contributed by atoms with Gasteiger partial charge in [-0.25, -0.2) is 4.98 Å². The lowest BCUT2D eigenvalue weighted by molar-refractivity contribution is 0.365. The van der Waals surface area contributed by atoms with Crippen molar-refractivity contribution in [1.29, 1.82) is 0 Å². The van der Waals surface area contributed by atoms with Crippen LogP contribution in [0.5, 0.6) is 5.75 Å². The fraction of sp³-hybridized carbons (Fsp3) is 0.105. The van der Waals surface area contributed by atoms with Gasteiger partial charge in [0.2, 0.25) is 0 Å². The first-order valence-electron chi connectivity index (χ1n) is 7.69. The van der Waals surface area contributed by atoms with Gasteiger partial charge in [0.15, 0.2) is 0 Å². The van der Waals surface area contributed by atoms with Crippen molar-refractivity contribution in [2.24, 2.45) is 5.10 Å². The van der Waals surface area contributed by atoms with Crippen LogP contribution in [0.2, 0.25) is 0 Å². The second-order valence-corrected chi connectivity index (χ2v) is 8.73. The first-order chi connectivity index (χ1) is 12.9. The third-order valence-electron chi connectivity index (χ3n) is 3.61. The molecule has 27 heavy (non-hydrogen) atoms. The predicted molar refractivity (Wildman–Crippen MR) is 128 cm³/mol. The fourth-order valence-corrected chi connectivity index (χ4v) is 4.91. The molecule has 0 N–H and O–H groups in total. The number of rotatable bonds is 4. The standard InChI is InChI=1S/C19H12BrI2N3O2/c1-3-6-27-18-15(21)7-12(8-16(18)22)10-23-25-11(2)24-17-5-4-13(20)9-14(17)19(25)26/h1,4-5,7-10H,6H2,2H3. The Labute approximate surface area is 191 Å². The van der Waals surface area contributed by atoms with Gasteiger partial charge in [0.25, 0.3) is 5.56 Å². The van der Waals surface area contributed by atoms with Crippen LogP contribution >= 0.6 is 61.1 Å². The Bertz CT molecular complexity index is 1140. The number of hydrogen-bond donors (Lipinski definition) is 0. The zero-order chi connectivity index (χ0) is 19.6. The second-order valence-electron chi connectivity index (χ2n) is 5.49. The van der Waals surface area contributed by atoms with Crippen LogP contribution in [0.3, 0.4) is 0 Å². The molecule has 0 radical (unpaired) electrons. The molecule has 0 fully saturated rings. The molecular weight excluding hydrogens is 636 g/mol. The van der Waals surface area contributed by atoms with E-state index in [1.807, 2.05) is 24.3 Å². The first kappa shape index (κ1) is 20.3. The molecule has 0 saturated carbocycles. The van der Waals surface area contributed by atoms with Crippen molar-refractivity contribution in [3.63, 3.8) is 0 Å². The van der Waals surface area contributed by atoms with E-state index < -0.39 is 0 Å². The Morgan fingerprint density at radius 2 is 2.04 bits per heavy atom. The Balaban J connectivity index is 2.02. The minimum atomic E-state index is -0.214. The van der Waals surface area contributed by atoms with Crippen LogP contribution < -0.4 is 10.3 Å². The normalized spacial score (nSPS) is 11.1. The highest BCUT2D eigenvalue weighted by Crippen LogP contribution is 2.28. The minimum Gasteiger partial charge on any atom is -0.479 e. The predicted octanol–water partition coefficient (Wildman–Crippen LogP) is 4.57. The van der Waals surface area contributed by atoms with E-state index >= 15 is 0 Å². The van der Waals surface area contributed by atoms with Crippen LogP contribution in [0.4, 0.5) is 0 Å². The van der Waals surface area contributed by atoms with E-state index in [9.17, 15) is 4.79 Å². The quantitative estimate of drug-likeness (QED) is 0.237. The summed E-state index contributed by atoms with van der Waals surface area (Å²) < 4.78 is 9.52. The number of halogens is 3. The number of terminal acetylenes is 1. The molecule has 0 aliphatic carbocycles. The highest BCUT2D eigenvalue weighted by atomic mass is 127. The van der Waals surface area contributed by atoms with Gasteiger partial charge in [0, 0.05) is 4.47 Å². The molecular formula is C19H12BrI2N3O2. The van der Waals surface area contributed by atoms with Crippen molar-refractivity contribution in [1.82, 2.24) is 9.66 Å². The maximum Gasteiger partial charge on any atom is 0.282 e. The highest BCUT2D eigenvalue weighted by molar-refractivity contribution is 14.1. The summed E-state index contributed by atoms with van der Waals surface area (Å²) in [6.07, 6.45) is 6.89. The van der Waals surface area contributed by atoms with Gasteiger partial charge < -0.3 is 4.74 Å². The number of hydrogen-bond acceptors (Lipinski definition) is 4. The van der Waals surface area contributed by atoms with E-state index in [1.165, 1.54) is 4.68 Å². The number of aromatic nitrogens is 2. The number of aryl methyl sites for hydroxylation is 1. The third-order valence-corrected chi connectivity index (χ3v) is 5.71. The molecule has 0 unspecified atom stereocenters. The van der Waals surface area contributed by atoms with Crippen molar-refractivity contribution < 1.29 is 4.74 Å². The van der Waals surface area contributed by atoms with Crippen LogP contribution in [0.1, 0.15) is 11.4 Å². The molecule has 5 nitrogen and oxygen atoms in total. The number of ether oxygens (including phenoxy) is 1. The van der Waals surface area contributed by atoms with Crippen LogP contribution in [0, 0.1) is 26.4 Å². The first-order valence-corrected chi connectivity index (χ1v) is 10.6. The Morgan fingerprint density at radius 1 is 1.33 bits per heavy atom. The largest absolute Gasteiger partial charge is 0.479 e. The van der Waals surface area contributed by atoms with E-state index in [0.717, 1.165) is 22.9 Å². The van der Waals surface area contributed by atoms with Gasteiger partial charge in [-0.2, -0.15) is 9.78 Å². The average molecular weight is 648 g/mol. The zero-order valence-corrected chi connectivity index (χ0v) is 19.9. The topological polar surface area (TPSA) is 56.5 Å². The summed E-state index contributed by atoms with van der Waals surface area (Å²) in [7, 11) is 0. The molecule has 1 heterocycles. The van der Waals surface area contributed by atoms with Crippen molar-refractivity contribution in [2.75, 3.05) is 6.61 Å². The monoisotopic (exact) mass is 647 g/mol. The average Bonchev–Trinajstić information content (AvgIpc) is 2.62. The van der Waals surface area contributed by atoms with E-state index in [4.69, 9.17) is 11.2 Å². The van der Waals surface area contributed by atoms with Crippen molar-refractivity contribution in [3.05, 3.63) is 63.7 Å². The summed E-state index contributed by atoms with van der Waals surface area (Å²) in [6.45, 7) is 1.97. The van der Waals surface area contributed by atoms with Gasteiger partial charge in [0.1, 0.15) is 18.2 Å². The van der Waals surface area contributed by atoms with Crippen LogP contribution in [-0.4, -0.2) is 22.5 Å². The molecule has 3 rings (SSSR count). The maximum atomic E-state index is 12.8. The maximum absolute atomic E-state index is 12.8. The van der Waals surface area contributed by atoms with Crippen molar-refractivity contribution >= 4 is 78.2 Å². The molecule has 8 heteroatoms. The summed E-state index contributed by atoms with van der Waals surface area (Å²) in [5.74, 6) is 3.72. The minimum absolute atomic E-state index is 0.214. The van der Waals surface area contributed by atoms with E-state index in [-0.39, 0.29) is 12.2 Å². The summed E-state index contributed by atoms with van der Waals surface area (Å²) >= 11 is 7.76. The SMILES string of the molecule is C#CCOc1c(I)cc(C=Nn2c(C)nc3ccc(Br)cc3c2=O)cc1I. The lowest BCUT2D eigenvalue weighted by Crippen LogP contribution is -2.20. The van der Waals surface area contributed by atoms with Gasteiger partial charge in [-0.3, -0.25) is 4.79 Å². The molecule has 0 aliphatic heterocycles. The lowest BCUT2D eigenvalue weighted by atomic mass is 10.2. The van der Waals surface area contributed by atoms with Gasteiger partial charge in [-0.15, -0.1) is 6.42 Å². The van der Waals surface area contributed by atoms with Crippen LogP contribution in [-0.2, 0) is 0 Å². The molecule has 2 aromatic carbocycles. The molecule has 0 amide bonds. The molecule has 3 aromatic rings. The highest BCUT2D eigenvalue weighted by Gasteiger charge is 2.10. The number of nitrogens with zero attached hydrogens (tertiary/aromatic N) is 3. The molecule has 136 valence electrons. The summed E-state index contributed by atoms with van der Waals surface area (Å²) in [4.78, 5) is 17.2. The second kappa shape index (κ2) is 8.70. The van der Waals surface area contributed by atoms with Crippen LogP contribution in [0.25, 0.3) is 10.9 Å². The molecule has 0 saturated heterocycles. The zero-order valence-electron chi connectivity index (χ0n) is 14.0. The number of benzene rings is 2. The third kappa shape index (κ3) is 4.52. The van der Waals surface area contributed by atoms with E-state index in [0.29, 0.717) is 16.7 Å². The molecule has 0 spiro atoms. The van der Waals surface area contributed by atoms with E-state index in [1.54, 1.807) is 19.2 Å². The Kier molecular flexibility index (Phi) is 6.54.